The monoisotopic (exact) mass is 390 g/mol. The van der Waals surface area contributed by atoms with Crippen LogP contribution in [-0.2, 0) is 11.3 Å². The summed E-state index contributed by atoms with van der Waals surface area (Å²) in [4.78, 5) is 14.7. The molecule has 0 saturated carbocycles. The molecular weight excluding hydrogens is 364 g/mol. The van der Waals surface area contributed by atoms with Gasteiger partial charge in [-0.3, -0.25) is 9.69 Å². The van der Waals surface area contributed by atoms with E-state index in [1.54, 1.807) is 14.2 Å². The summed E-state index contributed by atoms with van der Waals surface area (Å²) in [5.41, 5.74) is 3.75. The molecule has 0 aliphatic heterocycles. The summed E-state index contributed by atoms with van der Waals surface area (Å²) in [7, 11) is 5.16. The third kappa shape index (κ3) is 4.93. The van der Waals surface area contributed by atoms with Gasteiger partial charge in [0, 0.05) is 17.3 Å². The highest BCUT2D eigenvalue weighted by molar-refractivity contribution is 6.31. The van der Waals surface area contributed by atoms with Gasteiger partial charge in [0.1, 0.15) is 0 Å². The molecule has 0 fully saturated rings. The molecule has 0 bridgehead atoms. The van der Waals surface area contributed by atoms with E-state index in [-0.39, 0.29) is 11.9 Å². The number of amides is 1. The van der Waals surface area contributed by atoms with Crippen LogP contribution in [-0.4, -0.2) is 38.1 Å². The maximum absolute atomic E-state index is 12.7. The molecule has 0 heterocycles. The predicted molar refractivity (Wildman–Crippen MR) is 110 cm³/mol. The number of carbonyl (C=O) groups is 1. The summed E-state index contributed by atoms with van der Waals surface area (Å²) in [6.45, 7) is 6.39. The van der Waals surface area contributed by atoms with Gasteiger partial charge in [-0.1, -0.05) is 17.7 Å². The van der Waals surface area contributed by atoms with Gasteiger partial charge in [0.05, 0.1) is 20.3 Å². The number of hydrogen-bond acceptors (Lipinski definition) is 4. The number of nitrogens with zero attached hydrogens (tertiary/aromatic N) is 1. The topological polar surface area (TPSA) is 50.8 Å². The van der Waals surface area contributed by atoms with Gasteiger partial charge in [0.15, 0.2) is 11.5 Å². The first-order chi connectivity index (χ1) is 12.8. The standard InChI is InChI=1S/C21H27ClN2O3/c1-13-10-19(26-5)20(27-6)11-16(13)12-24(4)15(3)21(25)23-18-9-7-8-17(22)14(18)2/h7-11,15H,12H2,1-6H3,(H,23,25)/t15-/m0/s1. The van der Waals surface area contributed by atoms with Crippen LogP contribution < -0.4 is 14.8 Å². The Labute approximate surface area is 166 Å². The van der Waals surface area contributed by atoms with E-state index in [0.717, 1.165) is 22.4 Å². The van der Waals surface area contributed by atoms with Crippen molar-refractivity contribution in [3.8, 4) is 11.5 Å². The number of likely N-dealkylation sites (N-methyl/N-ethyl adjacent to an activating group) is 1. The number of halogens is 1. The number of anilines is 1. The van der Waals surface area contributed by atoms with Crippen LogP contribution in [0.2, 0.25) is 5.02 Å². The molecule has 5 nitrogen and oxygen atoms in total. The molecule has 1 amide bonds. The molecule has 2 aromatic carbocycles. The Morgan fingerprint density at radius 2 is 1.81 bits per heavy atom. The molecule has 0 aromatic heterocycles. The highest BCUT2D eigenvalue weighted by Crippen LogP contribution is 2.31. The van der Waals surface area contributed by atoms with E-state index in [4.69, 9.17) is 21.1 Å². The van der Waals surface area contributed by atoms with Crippen molar-refractivity contribution in [2.45, 2.75) is 33.4 Å². The van der Waals surface area contributed by atoms with Gasteiger partial charge < -0.3 is 14.8 Å². The maximum atomic E-state index is 12.7. The normalized spacial score (nSPS) is 12.0. The minimum Gasteiger partial charge on any atom is -0.493 e. The number of carbonyl (C=O) groups excluding carboxylic acids is 1. The van der Waals surface area contributed by atoms with Gasteiger partial charge in [-0.15, -0.1) is 0 Å². The van der Waals surface area contributed by atoms with Gasteiger partial charge in [-0.2, -0.15) is 0 Å². The summed E-state index contributed by atoms with van der Waals surface area (Å²) < 4.78 is 10.7. The molecule has 2 aromatic rings. The van der Waals surface area contributed by atoms with E-state index in [1.165, 1.54) is 0 Å². The lowest BCUT2D eigenvalue weighted by molar-refractivity contribution is -0.120. The highest BCUT2D eigenvalue weighted by Gasteiger charge is 2.20. The third-order valence-electron chi connectivity index (χ3n) is 4.83. The summed E-state index contributed by atoms with van der Waals surface area (Å²) in [6, 6.07) is 9.06. The Balaban J connectivity index is 2.12. The summed E-state index contributed by atoms with van der Waals surface area (Å²) in [5, 5.41) is 3.60. The van der Waals surface area contributed by atoms with Crippen molar-refractivity contribution in [2.75, 3.05) is 26.6 Å². The molecule has 1 N–H and O–H groups in total. The predicted octanol–water partition coefficient (Wildman–Crippen LogP) is 4.43. The van der Waals surface area contributed by atoms with Crippen molar-refractivity contribution in [2.24, 2.45) is 0 Å². The molecule has 1 atom stereocenters. The van der Waals surface area contributed by atoms with Crippen LogP contribution in [0, 0.1) is 13.8 Å². The van der Waals surface area contributed by atoms with Crippen LogP contribution in [0.1, 0.15) is 23.6 Å². The summed E-state index contributed by atoms with van der Waals surface area (Å²) in [5.74, 6) is 1.29. The van der Waals surface area contributed by atoms with E-state index < -0.39 is 0 Å². The molecule has 146 valence electrons. The lowest BCUT2D eigenvalue weighted by Crippen LogP contribution is -2.39. The van der Waals surface area contributed by atoms with Crippen LogP contribution in [0.25, 0.3) is 0 Å². The third-order valence-corrected chi connectivity index (χ3v) is 5.24. The molecule has 0 radical (unpaired) electrons. The van der Waals surface area contributed by atoms with Crippen molar-refractivity contribution in [1.82, 2.24) is 4.90 Å². The number of nitrogens with one attached hydrogen (secondary N) is 1. The SMILES string of the molecule is COc1cc(C)c(CN(C)[C@@H](C)C(=O)Nc2cccc(Cl)c2C)cc1OC. The fourth-order valence-electron chi connectivity index (χ4n) is 2.78. The van der Waals surface area contributed by atoms with Gasteiger partial charge in [-0.05, 0) is 68.8 Å². The average Bonchev–Trinajstić information content (AvgIpc) is 2.65. The fraction of sp³-hybridized carbons (Fsp3) is 0.381. The minimum atomic E-state index is -0.323. The molecule has 0 saturated heterocycles. The van der Waals surface area contributed by atoms with E-state index in [1.807, 2.05) is 63.1 Å². The molecule has 0 unspecified atom stereocenters. The van der Waals surface area contributed by atoms with E-state index in [2.05, 4.69) is 5.32 Å². The number of aryl methyl sites for hydroxylation is 1. The van der Waals surface area contributed by atoms with Crippen molar-refractivity contribution in [3.05, 3.63) is 52.0 Å². The van der Waals surface area contributed by atoms with Gasteiger partial charge >= 0.3 is 0 Å². The summed E-state index contributed by atoms with van der Waals surface area (Å²) in [6.07, 6.45) is 0. The Kier molecular flexibility index (Phi) is 7.11. The van der Waals surface area contributed by atoms with Gasteiger partial charge in [0.25, 0.3) is 0 Å². The second-order valence-electron chi connectivity index (χ2n) is 6.63. The zero-order valence-electron chi connectivity index (χ0n) is 16.7. The van der Waals surface area contributed by atoms with Crippen molar-refractivity contribution in [1.29, 1.82) is 0 Å². The zero-order chi connectivity index (χ0) is 20.1. The first kappa shape index (κ1) is 21.1. The Morgan fingerprint density at radius 1 is 1.19 bits per heavy atom. The Hall–Kier alpha value is -2.24. The first-order valence-electron chi connectivity index (χ1n) is 8.76. The quantitative estimate of drug-likeness (QED) is 0.759. The van der Waals surface area contributed by atoms with Gasteiger partial charge in [-0.25, -0.2) is 0 Å². The lowest BCUT2D eigenvalue weighted by Gasteiger charge is -2.25. The van der Waals surface area contributed by atoms with Crippen molar-refractivity contribution >= 4 is 23.2 Å². The van der Waals surface area contributed by atoms with Crippen LogP contribution >= 0.6 is 11.6 Å². The molecule has 0 aliphatic rings. The number of ether oxygens (including phenoxy) is 2. The van der Waals surface area contributed by atoms with E-state index >= 15 is 0 Å². The number of rotatable bonds is 7. The van der Waals surface area contributed by atoms with Crippen LogP contribution in [0.3, 0.4) is 0 Å². The molecule has 0 aliphatic carbocycles. The average molecular weight is 391 g/mol. The second kappa shape index (κ2) is 9.11. The van der Waals surface area contributed by atoms with Crippen LogP contribution in [0.4, 0.5) is 5.69 Å². The molecule has 2 rings (SSSR count). The minimum absolute atomic E-state index is 0.0824. The Morgan fingerprint density at radius 3 is 2.44 bits per heavy atom. The zero-order valence-corrected chi connectivity index (χ0v) is 17.5. The number of hydrogen-bond donors (Lipinski definition) is 1. The van der Waals surface area contributed by atoms with Crippen molar-refractivity contribution in [3.63, 3.8) is 0 Å². The van der Waals surface area contributed by atoms with Crippen LogP contribution in [0.5, 0.6) is 11.5 Å². The van der Waals surface area contributed by atoms with Gasteiger partial charge in [0.2, 0.25) is 5.91 Å². The second-order valence-corrected chi connectivity index (χ2v) is 7.03. The largest absolute Gasteiger partial charge is 0.493 e. The number of benzene rings is 2. The van der Waals surface area contributed by atoms with Crippen LogP contribution in [0.15, 0.2) is 30.3 Å². The highest BCUT2D eigenvalue weighted by atomic mass is 35.5. The number of methoxy groups -OCH3 is 2. The van der Waals surface area contributed by atoms with E-state index in [0.29, 0.717) is 23.1 Å². The lowest BCUT2D eigenvalue weighted by atomic mass is 10.1. The first-order valence-corrected chi connectivity index (χ1v) is 9.14. The molecule has 27 heavy (non-hydrogen) atoms. The fourth-order valence-corrected chi connectivity index (χ4v) is 2.95. The van der Waals surface area contributed by atoms with E-state index in [9.17, 15) is 4.79 Å². The Bertz CT molecular complexity index is 823. The molecule has 6 heteroatoms. The molecule has 0 spiro atoms. The maximum Gasteiger partial charge on any atom is 0.241 e. The van der Waals surface area contributed by atoms with Crippen molar-refractivity contribution < 1.29 is 14.3 Å². The smallest absolute Gasteiger partial charge is 0.241 e. The summed E-state index contributed by atoms with van der Waals surface area (Å²) >= 11 is 6.13. The molecular formula is C21H27ClN2O3.